The van der Waals surface area contributed by atoms with Gasteiger partial charge in [0.25, 0.3) is 5.69 Å². The fraction of sp³-hybridized carbons (Fsp3) is 0.429. The number of carbonyl (C=O) groups is 1. The molecular formula is C14H17N3O3. The number of nitriles is 1. The number of nitro groups is 1. The Kier molecular flexibility index (Phi) is 5.81. The summed E-state index contributed by atoms with van der Waals surface area (Å²) >= 11 is 0. The molecule has 1 aromatic carbocycles. The molecule has 0 heterocycles. The fourth-order valence-corrected chi connectivity index (χ4v) is 1.80. The number of non-ortho nitro benzene ring substituents is 1. The molecule has 0 saturated heterocycles. The summed E-state index contributed by atoms with van der Waals surface area (Å²) < 4.78 is 0. The van der Waals surface area contributed by atoms with E-state index in [1.807, 2.05) is 11.8 Å². The van der Waals surface area contributed by atoms with Crippen molar-refractivity contribution in [1.82, 2.24) is 4.90 Å². The molecule has 1 rings (SSSR count). The molecule has 1 atom stereocenters. The molecule has 20 heavy (non-hydrogen) atoms. The largest absolute Gasteiger partial charge is 0.295 e. The summed E-state index contributed by atoms with van der Waals surface area (Å²) in [4.78, 5) is 24.0. The molecule has 0 amide bonds. The third kappa shape index (κ3) is 4.44. The maximum Gasteiger partial charge on any atom is 0.269 e. The van der Waals surface area contributed by atoms with Crippen LogP contribution in [0.4, 0.5) is 5.69 Å². The lowest BCUT2D eigenvalue weighted by atomic mass is 10.1. The van der Waals surface area contributed by atoms with E-state index in [0.29, 0.717) is 18.7 Å². The van der Waals surface area contributed by atoms with Crippen LogP contribution in [0.5, 0.6) is 0 Å². The van der Waals surface area contributed by atoms with Crippen LogP contribution in [-0.2, 0) is 0 Å². The smallest absolute Gasteiger partial charge is 0.269 e. The summed E-state index contributed by atoms with van der Waals surface area (Å²) in [6, 6.07) is 7.70. The van der Waals surface area contributed by atoms with Crippen molar-refractivity contribution in [3.63, 3.8) is 0 Å². The van der Waals surface area contributed by atoms with E-state index >= 15 is 0 Å². The average Bonchev–Trinajstić information content (AvgIpc) is 2.46. The molecule has 0 aromatic heterocycles. The van der Waals surface area contributed by atoms with Crippen LogP contribution in [0.25, 0.3) is 0 Å². The Hall–Kier alpha value is -2.26. The van der Waals surface area contributed by atoms with E-state index in [1.165, 1.54) is 24.3 Å². The minimum atomic E-state index is -0.499. The molecule has 0 aliphatic heterocycles. The van der Waals surface area contributed by atoms with Gasteiger partial charge in [0.15, 0.2) is 5.78 Å². The number of Topliss-reactive ketones (excluding diaryl/α,β-unsaturated/α-hetero) is 1. The number of ketones is 1. The summed E-state index contributed by atoms with van der Waals surface area (Å²) in [6.45, 7) is 5.14. The average molecular weight is 275 g/mol. The van der Waals surface area contributed by atoms with Crippen molar-refractivity contribution < 1.29 is 9.72 Å². The molecule has 0 fully saturated rings. The summed E-state index contributed by atoms with van der Waals surface area (Å²) in [7, 11) is 0. The minimum absolute atomic E-state index is 0.0352. The Morgan fingerprint density at radius 2 is 2.05 bits per heavy atom. The molecule has 1 aromatic rings. The molecule has 0 N–H and O–H groups in total. The highest BCUT2D eigenvalue weighted by Gasteiger charge is 2.14. The third-order valence-electron chi connectivity index (χ3n) is 2.97. The van der Waals surface area contributed by atoms with Crippen molar-refractivity contribution in [3.8, 4) is 6.07 Å². The van der Waals surface area contributed by atoms with E-state index in [9.17, 15) is 14.9 Å². The van der Waals surface area contributed by atoms with Gasteiger partial charge in [-0.1, -0.05) is 6.92 Å². The van der Waals surface area contributed by atoms with Crippen LogP contribution in [0.1, 0.15) is 24.2 Å². The van der Waals surface area contributed by atoms with Crippen LogP contribution in [0, 0.1) is 27.4 Å². The Labute approximate surface area is 117 Å². The standard InChI is InChI=1S/C14H17N3O3/c1-3-16(9-11(2)8-15)10-14(18)12-4-6-13(7-5-12)17(19)20/h4-7,11H,3,9-10H2,1-2H3. The molecule has 0 saturated carbocycles. The van der Waals surface area contributed by atoms with Gasteiger partial charge in [0.1, 0.15) is 0 Å². The number of nitrogens with zero attached hydrogens (tertiary/aromatic N) is 3. The summed E-state index contributed by atoms with van der Waals surface area (Å²) in [5.74, 6) is -0.244. The maximum absolute atomic E-state index is 12.1. The molecule has 6 nitrogen and oxygen atoms in total. The van der Waals surface area contributed by atoms with Gasteiger partial charge >= 0.3 is 0 Å². The van der Waals surface area contributed by atoms with E-state index in [4.69, 9.17) is 5.26 Å². The molecule has 0 bridgehead atoms. The lowest BCUT2D eigenvalue weighted by Crippen LogP contribution is -2.33. The Bertz CT molecular complexity index is 519. The highest BCUT2D eigenvalue weighted by molar-refractivity contribution is 5.97. The minimum Gasteiger partial charge on any atom is -0.295 e. The first kappa shape index (κ1) is 15.8. The van der Waals surface area contributed by atoms with Crippen LogP contribution in [0.3, 0.4) is 0 Å². The molecule has 106 valence electrons. The molecule has 0 aliphatic rings. The normalized spacial score (nSPS) is 11.9. The first-order valence-corrected chi connectivity index (χ1v) is 6.37. The van der Waals surface area contributed by atoms with Gasteiger partial charge in [0.2, 0.25) is 0 Å². The highest BCUT2D eigenvalue weighted by atomic mass is 16.6. The number of nitro benzene ring substituents is 1. The lowest BCUT2D eigenvalue weighted by molar-refractivity contribution is -0.384. The van der Waals surface area contributed by atoms with Crippen LogP contribution in [-0.4, -0.2) is 35.2 Å². The molecule has 1 unspecified atom stereocenters. The van der Waals surface area contributed by atoms with E-state index in [2.05, 4.69) is 6.07 Å². The molecular weight excluding hydrogens is 258 g/mol. The second-order valence-electron chi connectivity index (χ2n) is 4.59. The number of rotatable bonds is 7. The Balaban J connectivity index is 2.69. The first-order valence-electron chi connectivity index (χ1n) is 6.37. The summed E-state index contributed by atoms with van der Waals surface area (Å²) in [6.07, 6.45) is 0. The lowest BCUT2D eigenvalue weighted by Gasteiger charge is -2.20. The van der Waals surface area contributed by atoms with E-state index in [0.717, 1.165) is 0 Å². The van der Waals surface area contributed by atoms with Gasteiger partial charge in [0.05, 0.1) is 23.5 Å². The Morgan fingerprint density at radius 3 is 2.50 bits per heavy atom. The van der Waals surface area contributed by atoms with Crippen molar-refractivity contribution in [2.45, 2.75) is 13.8 Å². The number of carbonyl (C=O) groups excluding carboxylic acids is 1. The molecule has 0 aliphatic carbocycles. The fourth-order valence-electron chi connectivity index (χ4n) is 1.80. The predicted octanol–water partition coefficient (Wildman–Crippen LogP) is 2.26. The molecule has 0 spiro atoms. The van der Waals surface area contributed by atoms with E-state index in [-0.39, 0.29) is 23.9 Å². The molecule has 0 radical (unpaired) electrons. The Morgan fingerprint density at radius 1 is 1.45 bits per heavy atom. The zero-order chi connectivity index (χ0) is 15.1. The zero-order valence-electron chi connectivity index (χ0n) is 11.6. The number of hydrogen-bond donors (Lipinski definition) is 0. The monoisotopic (exact) mass is 275 g/mol. The first-order chi connectivity index (χ1) is 9.47. The van der Waals surface area contributed by atoms with Gasteiger partial charge < -0.3 is 0 Å². The van der Waals surface area contributed by atoms with Gasteiger partial charge in [-0.15, -0.1) is 0 Å². The highest BCUT2D eigenvalue weighted by Crippen LogP contribution is 2.13. The van der Waals surface area contributed by atoms with Crippen LogP contribution in [0.15, 0.2) is 24.3 Å². The second kappa shape index (κ2) is 7.36. The number of hydrogen-bond acceptors (Lipinski definition) is 5. The van der Waals surface area contributed by atoms with Gasteiger partial charge in [-0.2, -0.15) is 5.26 Å². The van der Waals surface area contributed by atoms with E-state index < -0.39 is 4.92 Å². The van der Waals surface area contributed by atoms with Crippen LogP contribution >= 0.6 is 0 Å². The quantitative estimate of drug-likeness (QED) is 0.432. The second-order valence-corrected chi connectivity index (χ2v) is 4.59. The number of likely N-dealkylation sites (N-methyl/N-ethyl adjacent to an activating group) is 1. The van der Waals surface area contributed by atoms with Crippen LogP contribution in [0.2, 0.25) is 0 Å². The van der Waals surface area contributed by atoms with Crippen molar-refractivity contribution in [1.29, 1.82) is 5.26 Å². The van der Waals surface area contributed by atoms with Gasteiger partial charge in [-0.05, 0) is 25.6 Å². The van der Waals surface area contributed by atoms with Gasteiger partial charge in [-0.25, -0.2) is 0 Å². The van der Waals surface area contributed by atoms with Gasteiger partial charge in [-0.3, -0.25) is 19.8 Å². The molecule has 6 heteroatoms. The predicted molar refractivity (Wildman–Crippen MR) is 74.3 cm³/mol. The van der Waals surface area contributed by atoms with Crippen molar-refractivity contribution >= 4 is 11.5 Å². The van der Waals surface area contributed by atoms with Crippen LogP contribution < -0.4 is 0 Å². The third-order valence-corrected chi connectivity index (χ3v) is 2.97. The number of benzene rings is 1. The van der Waals surface area contributed by atoms with Crippen molar-refractivity contribution in [2.75, 3.05) is 19.6 Å². The summed E-state index contributed by atoms with van der Waals surface area (Å²) in [5, 5.41) is 19.3. The SMILES string of the molecule is CCN(CC(=O)c1ccc([N+](=O)[O-])cc1)CC(C)C#N. The van der Waals surface area contributed by atoms with E-state index in [1.54, 1.807) is 6.92 Å². The zero-order valence-corrected chi connectivity index (χ0v) is 11.6. The summed E-state index contributed by atoms with van der Waals surface area (Å²) in [5.41, 5.74) is 0.408. The van der Waals surface area contributed by atoms with Crippen molar-refractivity contribution in [3.05, 3.63) is 39.9 Å². The topological polar surface area (TPSA) is 87.2 Å². The maximum atomic E-state index is 12.1. The van der Waals surface area contributed by atoms with Gasteiger partial charge in [0, 0.05) is 24.2 Å². The van der Waals surface area contributed by atoms with Crippen molar-refractivity contribution in [2.24, 2.45) is 5.92 Å².